The maximum Gasteiger partial charge on any atom is 0.433 e. The number of hydrogen-bond donors (Lipinski definition) is 1. The molecule has 208 valence electrons. The number of aromatic nitrogens is 1. The molecule has 40 heavy (non-hydrogen) atoms. The molecule has 0 atom stereocenters. The SMILES string of the molecule is N#Cc1cc(C(F)(F)F)ncc1-c1cc(S(=O)(=O)N2C=CSC(CC3=CC=CCC3)=C2)c(OCC(=O)O)cc1Cl. The van der Waals surface area contributed by atoms with Gasteiger partial charge in [0.05, 0.1) is 16.7 Å². The molecule has 1 aromatic carbocycles. The van der Waals surface area contributed by atoms with Crippen LogP contribution in [0.15, 0.2) is 75.8 Å². The Bertz CT molecular complexity index is 1630. The number of pyridine rings is 1. The first-order chi connectivity index (χ1) is 18.9. The second kappa shape index (κ2) is 11.8. The van der Waals surface area contributed by atoms with Crippen LogP contribution in [-0.4, -0.2) is 35.4 Å². The lowest BCUT2D eigenvalue weighted by atomic mass is 10.0. The molecular formula is C26H19ClF3N3O5S2. The molecule has 0 saturated carbocycles. The van der Waals surface area contributed by atoms with Crippen molar-refractivity contribution in [3.63, 3.8) is 0 Å². The van der Waals surface area contributed by atoms with Gasteiger partial charge in [0.2, 0.25) is 0 Å². The van der Waals surface area contributed by atoms with E-state index >= 15 is 0 Å². The number of allylic oxidation sites excluding steroid dienone is 5. The van der Waals surface area contributed by atoms with Crippen LogP contribution in [0.25, 0.3) is 11.1 Å². The van der Waals surface area contributed by atoms with Crippen LogP contribution in [0, 0.1) is 11.3 Å². The quantitative estimate of drug-likeness (QED) is 0.361. The van der Waals surface area contributed by atoms with Crippen molar-refractivity contribution >= 4 is 39.4 Å². The number of nitriles is 1. The lowest BCUT2D eigenvalue weighted by Crippen LogP contribution is -2.23. The molecule has 0 amide bonds. The lowest BCUT2D eigenvalue weighted by Gasteiger charge is -2.24. The zero-order chi connectivity index (χ0) is 29.1. The number of carboxylic acid groups (broad SMARTS) is 1. The van der Waals surface area contributed by atoms with Crippen LogP contribution in [0.5, 0.6) is 5.75 Å². The number of benzene rings is 1. The lowest BCUT2D eigenvalue weighted by molar-refractivity contribution is -0.141. The second-order valence-electron chi connectivity index (χ2n) is 8.49. The first-order valence-corrected chi connectivity index (χ1v) is 14.2. The molecule has 4 rings (SSSR count). The van der Waals surface area contributed by atoms with Crippen LogP contribution in [0.4, 0.5) is 13.2 Å². The summed E-state index contributed by atoms with van der Waals surface area (Å²) in [4.78, 5) is 14.7. The van der Waals surface area contributed by atoms with E-state index in [1.807, 2.05) is 18.2 Å². The van der Waals surface area contributed by atoms with Crippen molar-refractivity contribution in [3.8, 4) is 22.9 Å². The van der Waals surface area contributed by atoms with Gasteiger partial charge >= 0.3 is 12.1 Å². The molecule has 14 heteroatoms. The summed E-state index contributed by atoms with van der Waals surface area (Å²) in [6, 6.07) is 4.25. The van der Waals surface area contributed by atoms with E-state index in [1.54, 1.807) is 11.5 Å². The Hall–Kier alpha value is -3.73. The van der Waals surface area contributed by atoms with Crippen molar-refractivity contribution in [3.05, 3.63) is 87.2 Å². The molecule has 1 aromatic heterocycles. The standard InChI is InChI=1S/C26H19ClF3N3O5S2/c27-21-11-22(38-15-25(34)35)23(10-19(21)20-13-32-24(26(28,29)30)9-17(20)12-31)40(36,37)33-6-7-39-18(14-33)8-16-4-2-1-3-5-16/h1-2,4,6-7,9-11,13-14H,3,5,8,15H2,(H,34,35). The van der Waals surface area contributed by atoms with Crippen LogP contribution in [-0.2, 0) is 21.0 Å². The van der Waals surface area contributed by atoms with Gasteiger partial charge in [-0.05, 0) is 30.4 Å². The molecule has 8 nitrogen and oxygen atoms in total. The number of sulfonamides is 1. The van der Waals surface area contributed by atoms with E-state index < -0.39 is 50.7 Å². The van der Waals surface area contributed by atoms with Gasteiger partial charge in [-0.2, -0.15) is 18.4 Å². The monoisotopic (exact) mass is 609 g/mol. The van der Waals surface area contributed by atoms with Crippen molar-refractivity contribution in [2.45, 2.75) is 30.3 Å². The molecule has 0 saturated heterocycles. The highest BCUT2D eigenvalue weighted by molar-refractivity contribution is 8.05. The van der Waals surface area contributed by atoms with Gasteiger partial charge in [-0.25, -0.2) is 17.5 Å². The summed E-state index contributed by atoms with van der Waals surface area (Å²) in [6.45, 7) is -0.891. The summed E-state index contributed by atoms with van der Waals surface area (Å²) in [5.74, 6) is -1.77. The van der Waals surface area contributed by atoms with Crippen LogP contribution in [0.2, 0.25) is 5.02 Å². The number of nitrogens with zero attached hydrogens (tertiary/aromatic N) is 3. The molecule has 2 heterocycles. The highest BCUT2D eigenvalue weighted by atomic mass is 35.5. The van der Waals surface area contributed by atoms with E-state index in [0.29, 0.717) is 12.5 Å². The Morgan fingerprint density at radius 3 is 2.70 bits per heavy atom. The zero-order valence-corrected chi connectivity index (χ0v) is 22.7. The fourth-order valence-corrected chi connectivity index (χ4v) is 6.44. The molecule has 1 aliphatic carbocycles. The normalized spacial score (nSPS) is 15.3. The molecule has 0 radical (unpaired) electrons. The third kappa shape index (κ3) is 6.52. The van der Waals surface area contributed by atoms with Gasteiger partial charge in [0.1, 0.15) is 16.3 Å². The number of alkyl halides is 3. The van der Waals surface area contributed by atoms with E-state index in [4.69, 9.17) is 21.4 Å². The van der Waals surface area contributed by atoms with Crippen molar-refractivity contribution < 1.29 is 36.2 Å². The van der Waals surface area contributed by atoms with Gasteiger partial charge in [0.15, 0.2) is 6.61 Å². The Kier molecular flexibility index (Phi) is 8.62. The van der Waals surface area contributed by atoms with E-state index in [0.717, 1.165) is 46.0 Å². The van der Waals surface area contributed by atoms with Crippen molar-refractivity contribution in [2.24, 2.45) is 0 Å². The zero-order valence-electron chi connectivity index (χ0n) is 20.4. The first kappa shape index (κ1) is 29.3. The molecule has 1 N–H and O–H groups in total. The number of thioether (sulfide) groups is 1. The fraction of sp³-hybridized carbons (Fsp3) is 0.192. The smallest absolute Gasteiger partial charge is 0.433 e. The third-order valence-electron chi connectivity index (χ3n) is 5.74. The van der Waals surface area contributed by atoms with Crippen LogP contribution in [0.3, 0.4) is 0 Å². The summed E-state index contributed by atoms with van der Waals surface area (Å²) in [7, 11) is -4.45. The van der Waals surface area contributed by atoms with Gasteiger partial charge in [-0.1, -0.05) is 47.2 Å². The van der Waals surface area contributed by atoms with Crippen molar-refractivity contribution in [1.29, 1.82) is 5.26 Å². The van der Waals surface area contributed by atoms with Gasteiger partial charge in [-0.15, -0.1) is 0 Å². The second-order valence-corrected chi connectivity index (χ2v) is 11.7. The van der Waals surface area contributed by atoms with Gasteiger partial charge in [-0.3, -0.25) is 4.98 Å². The fourth-order valence-electron chi connectivity index (χ4n) is 3.88. The van der Waals surface area contributed by atoms with Gasteiger partial charge < -0.3 is 9.84 Å². The number of aliphatic carboxylic acids is 1. The number of carbonyl (C=O) groups is 1. The minimum absolute atomic E-state index is 0.112. The molecule has 1 aliphatic heterocycles. The van der Waals surface area contributed by atoms with Crippen molar-refractivity contribution in [2.75, 3.05) is 6.61 Å². The largest absolute Gasteiger partial charge is 0.480 e. The maximum atomic E-state index is 13.8. The summed E-state index contributed by atoms with van der Waals surface area (Å²) in [5, 5.41) is 20.0. The Labute approximate surface area is 236 Å². The van der Waals surface area contributed by atoms with Crippen LogP contribution < -0.4 is 4.74 Å². The van der Waals surface area contributed by atoms with Crippen LogP contribution >= 0.6 is 23.4 Å². The Morgan fingerprint density at radius 2 is 2.05 bits per heavy atom. The number of carboxylic acids is 1. The molecule has 0 spiro atoms. The molecule has 2 aliphatic rings. The summed E-state index contributed by atoms with van der Waals surface area (Å²) < 4.78 is 73.3. The summed E-state index contributed by atoms with van der Waals surface area (Å²) in [5.41, 5.74) is -0.903. The average molecular weight is 610 g/mol. The van der Waals surface area contributed by atoms with E-state index in [1.165, 1.54) is 24.2 Å². The Balaban J connectivity index is 1.81. The van der Waals surface area contributed by atoms with Gasteiger partial charge in [0.25, 0.3) is 10.0 Å². The summed E-state index contributed by atoms with van der Waals surface area (Å²) in [6.07, 6.45) is 6.85. The van der Waals surface area contributed by atoms with E-state index in [-0.39, 0.29) is 16.1 Å². The minimum atomic E-state index is -4.82. The predicted molar refractivity (Wildman–Crippen MR) is 142 cm³/mol. The average Bonchev–Trinajstić information content (AvgIpc) is 2.91. The highest BCUT2D eigenvalue weighted by Gasteiger charge is 2.34. The van der Waals surface area contributed by atoms with Crippen molar-refractivity contribution in [1.82, 2.24) is 9.29 Å². The minimum Gasteiger partial charge on any atom is -0.480 e. The van der Waals surface area contributed by atoms with Gasteiger partial charge in [0, 0.05) is 47.1 Å². The Morgan fingerprint density at radius 1 is 1.27 bits per heavy atom. The van der Waals surface area contributed by atoms with E-state index in [2.05, 4.69) is 4.98 Å². The molecule has 2 aromatic rings. The summed E-state index contributed by atoms with van der Waals surface area (Å²) >= 11 is 7.69. The van der Waals surface area contributed by atoms with Crippen LogP contribution in [0.1, 0.15) is 30.5 Å². The number of hydrogen-bond acceptors (Lipinski definition) is 7. The third-order valence-corrected chi connectivity index (χ3v) is 8.52. The maximum absolute atomic E-state index is 13.8. The first-order valence-electron chi connectivity index (χ1n) is 11.5. The van der Waals surface area contributed by atoms with E-state index in [9.17, 15) is 31.6 Å². The number of ether oxygens (including phenoxy) is 1. The highest BCUT2D eigenvalue weighted by Crippen LogP contribution is 2.41. The molecule has 0 fully saturated rings. The number of rotatable bonds is 8. The molecule has 0 unspecified atom stereocenters. The topological polar surface area (TPSA) is 121 Å². The predicted octanol–water partition coefficient (Wildman–Crippen LogP) is 6.47. The number of halogens is 4. The molecular weight excluding hydrogens is 591 g/mol. The molecule has 0 bridgehead atoms.